The van der Waals surface area contributed by atoms with Gasteiger partial charge in [-0.2, -0.15) is 0 Å². The molecule has 1 aliphatic heterocycles. The Morgan fingerprint density at radius 3 is 2.76 bits per heavy atom. The largest absolute Gasteiger partial charge is 0.336 e. The van der Waals surface area contributed by atoms with Crippen molar-refractivity contribution in [3.8, 4) is 0 Å². The number of urea groups is 1. The maximum atomic E-state index is 12.3. The van der Waals surface area contributed by atoms with E-state index in [0.29, 0.717) is 29.7 Å². The Balaban J connectivity index is 2.03. The summed E-state index contributed by atoms with van der Waals surface area (Å²) in [5.74, 6) is -0.211. The lowest BCUT2D eigenvalue weighted by molar-refractivity contribution is -0.132. The van der Waals surface area contributed by atoms with Gasteiger partial charge in [-0.15, -0.1) is 0 Å². The molecule has 1 saturated heterocycles. The highest BCUT2D eigenvalue weighted by Crippen LogP contribution is 2.22. The van der Waals surface area contributed by atoms with Gasteiger partial charge in [0.05, 0.1) is 6.04 Å². The summed E-state index contributed by atoms with van der Waals surface area (Å²) in [6.45, 7) is 3.19. The molecule has 1 aromatic rings. The van der Waals surface area contributed by atoms with Gasteiger partial charge in [0.1, 0.15) is 0 Å². The maximum absolute atomic E-state index is 12.3. The maximum Gasteiger partial charge on any atom is 0.324 e. The standard InChI is InChI=1S/C14H17Cl2N3O2/c1-9(13(20)19-6-5-17-14(19)21)18(2)8-10-3-4-11(15)7-12(10)16/h3-4,7,9H,5-6,8H2,1-2H3,(H,17,21)/t9-/m0/s1. The number of imide groups is 1. The molecule has 0 radical (unpaired) electrons. The highest BCUT2D eigenvalue weighted by Gasteiger charge is 2.31. The first-order valence-electron chi connectivity index (χ1n) is 6.63. The molecule has 0 saturated carbocycles. The van der Waals surface area contributed by atoms with Crippen molar-refractivity contribution < 1.29 is 9.59 Å². The number of benzene rings is 1. The number of likely N-dealkylation sites (N-methyl/N-ethyl adjacent to an activating group) is 1. The van der Waals surface area contributed by atoms with E-state index in [1.54, 1.807) is 19.1 Å². The van der Waals surface area contributed by atoms with Gasteiger partial charge >= 0.3 is 6.03 Å². The number of carbonyl (C=O) groups excluding carboxylic acids is 2. The molecule has 1 aromatic carbocycles. The fraction of sp³-hybridized carbons (Fsp3) is 0.429. The summed E-state index contributed by atoms with van der Waals surface area (Å²) in [5.41, 5.74) is 0.883. The Kier molecular flexibility index (Phi) is 5.08. The fourth-order valence-electron chi connectivity index (χ4n) is 2.15. The second-order valence-electron chi connectivity index (χ2n) is 5.05. The molecule has 1 aliphatic rings. The molecule has 1 heterocycles. The number of hydrogen-bond donors (Lipinski definition) is 1. The van der Waals surface area contributed by atoms with E-state index in [2.05, 4.69) is 5.32 Å². The van der Waals surface area contributed by atoms with Crippen LogP contribution in [0.15, 0.2) is 18.2 Å². The Bertz CT molecular complexity index is 565. The van der Waals surface area contributed by atoms with Crippen LogP contribution in [0.2, 0.25) is 10.0 Å². The van der Waals surface area contributed by atoms with Gasteiger partial charge in [-0.05, 0) is 31.7 Å². The molecule has 0 bridgehead atoms. The average Bonchev–Trinajstić information content (AvgIpc) is 2.86. The summed E-state index contributed by atoms with van der Waals surface area (Å²) in [6, 6.07) is 4.52. The van der Waals surface area contributed by atoms with Crippen molar-refractivity contribution in [3.63, 3.8) is 0 Å². The third-order valence-electron chi connectivity index (χ3n) is 3.58. The fourth-order valence-corrected chi connectivity index (χ4v) is 2.62. The number of halogens is 2. The molecule has 0 aliphatic carbocycles. The second-order valence-corrected chi connectivity index (χ2v) is 5.89. The van der Waals surface area contributed by atoms with Crippen molar-refractivity contribution in [3.05, 3.63) is 33.8 Å². The monoisotopic (exact) mass is 329 g/mol. The van der Waals surface area contributed by atoms with E-state index in [4.69, 9.17) is 23.2 Å². The lowest BCUT2D eigenvalue weighted by Crippen LogP contribution is -2.46. The minimum Gasteiger partial charge on any atom is -0.336 e. The average molecular weight is 330 g/mol. The number of nitrogens with one attached hydrogen (secondary N) is 1. The van der Waals surface area contributed by atoms with E-state index in [9.17, 15) is 9.59 Å². The highest BCUT2D eigenvalue weighted by atomic mass is 35.5. The Labute approximate surface area is 133 Å². The normalized spacial score (nSPS) is 16.2. The molecule has 0 aromatic heterocycles. The predicted octanol–water partition coefficient (Wildman–Crippen LogP) is 2.37. The molecule has 114 valence electrons. The first kappa shape index (κ1) is 16.1. The number of amides is 3. The molecule has 0 unspecified atom stereocenters. The van der Waals surface area contributed by atoms with Crippen LogP contribution in [-0.2, 0) is 11.3 Å². The Morgan fingerprint density at radius 1 is 1.48 bits per heavy atom. The summed E-state index contributed by atoms with van der Waals surface area (Å²) >= 11 is 12.0. The predicted molar refractivity (Wildman–Crippen MR) is 82.5 cm³/mol. The molecule has 3 amide bonds. The van der Waals surface area contributed by atoms with Crippen LogP contribution in [0.25, 0.3) is 0 Å². The topological polar surface area (TPSA) is 52.7 Å². The first-order valence-corrected chi connectivity index (χ1v) is 7.39. The highest BCUT2D eigenvalue weighted by molar-refractivity contribution is 6.35. The van der Waals surface area contributed by atoms with Crippen LogP contribution in [0.5, 0.6) is 0 Å². The molecular formula is C14H17Cl2N3O2. The summed E-state index contributed by atoms with van der Waals surface area (Å²) in [5, 5.41) is 3.76. The molecule has 5 nitrogen and oxygen atoms in total. The Hall–Kier alpha value is -1.30. The van der Waals surface area contributed by atoms with Crippen LogP contribution in [0.4, 0.5) is 4.79 Å². The van der Waals surface area contributed by atoms with Crippen LogP contribution in [0.1, 0.15) is 12.5 Å². The van der Waals surface area contributed by atoms with Gasteiger partial charge in [0.15, 0.2) is 0 Å². The first-order chi connectivity index (χ1) is 9.90. The third kappa shape index (κ3) is 3.67. The van der Waals surface area contributed by atoms with Crippen LogP contribution in [0.3, 0.4) is 0 Å². The van der Waals surface area contributed by atoms with Crippen molar-refractivity contribution in [2.45, 2.75) is 19.5 Å². The minimum absolute atomic E-state index is 0.211. The molecule has 1 fully saturated rings. The van der Waals surface area contributed by atoms with Crippen molar-refractivity contribution in [1.29, 1.82) is 0 Å². The Morgan fingerprint density at radius 2 is 2.19 bits per heavy atom. The lowest BCUT2D eigenvalue weighted by Gasteiger charge is -2.26. The molecule has 21 heavy (non-hydrogen) atoms. The zero-order valence-corrected chi connectivity index (χ0v) is 13.4. The van der Waals surface area contributed by atoms with E-state index in [1.807, 2.05) is 18.0 Å². The zero-order valence-electron chi connectivity index (χ0n) is 11.9. The van der Waals surface area contributed by atoms with Crippen molar-refractivity contribution in [1.82, 2.24) is 15.1 Å². The van der Waals surface area contributed by atoms with E-state index in [-0.39, 0.29) is 11.9 Å². The SMILES string of the molecule is C[C@@H](C(=O)N1CCNC1=O)N(C)Cc1ccc(Cl)cc1Cl. The van der Waals surface area contributed by atoms with Crippen LogP contribution in [0, 0.1) is 0 Å². The van der Waals surface area contributed by atoms with E-state index in [1.165, 1.54) is 4.90 Å². The van der Waals surface area contributed by atoms with Gasteiger partial charge in [-0.3, -0.25) is 14.6 Å². The van der Waals surface area contributed by atoms with Gasteiger partial charge in [-0.25, -0.2) is 4.79 Å². The molecule has 1 N–H and O–H groups in total. The van der Waals surface area contributed by atoms with Gasteiger partial charge < -0.3 is 5.32 Å². The number of nitrogens with zero attached hydrogens (tertiary/aromatic N) is 2. The van der Waals surface area contributed by atoms with Crippen molar-refractivity contribution >= 4 is 35.1 Å². The van der Waals surface area contributed by atoms with Crippen LogP contribution in [-0.4, -0.2) is 47.9 Å². The summed E-state index contributed by atoms with van der Waals surface area (Å²) in [4.78, 5) is 26.9. The summed E-state index contributed by atoms with van der Waals surface area (Å²) in [7, 11) is 1.82. The van der Waals surface area contributed by atoms with Crippen LogP contribution >= 0.6 is 23.2 Å². The molecule has 2 rings (SSSR count). The van der Waals surface area contributed by atoms with Gasteiger partial charge in [0.25, 0.3) is 0 Å². The number of rotatable bonds is 4. The third-order valence-corrected chi connectivity index (χ3v) is 4.16. The zero-order chi connectivity index (χ0) is 15.6. The number of hydrogen-bond acceptors (Lipinski definition) is 3. The van der Waals surface area contributed by atoms with E-state index in [0.717, 1.165) is 5.56 Å². The van der Waals surface area contributed by atoms with Gasteiger partial charge in [0.2, 0.25) is 5.91 Å². The van der Waals surface area contributed by atoms with E-state index < -0.39 is 6.04 Å². The quantitative estimate of drug-likeness (QED) is 0.922. The second kappa shape index (κ2) is 6.64. The molecule has 7 heteroatoms. The van der Waals surface area contributed by atoms with Crippen molar-refractivity contribution in [2.24, 2.45) is 0 Å². The van der Waals surface area contributed by atoms with E-state index >= 15 is 0 Å². The minimum atomic E-state index is -0.416. The molecule has 0 spiro atoms. The van der Waals surface area contributed by atoms with Crippen LogP contribution < -0.4 is 5.32 Å². The summed E-state index contributed by atoms with van der Waals surface area (Å²) < 4.78 is 0. The lowest BCUT2D eigenvalue weighted by atomic mass is 10.2. The number of carbonyl (C=O) groups is 2. The summed E-state index contributed by atoms with van der Waals surface area (Å²) in [6.07, 6.45) is 0. The smallest absolute Gasteiger partial charge is 0.324 e. The van der Waals surface area contributed by atoms with Gasteiger partial charge in [0, 0.05) is 29.7 Å². The van der Waals surface area contributed by atoms with Gasteiger partial charge in [-0.1, -0.05) is 29.3 Å². The molecule has 1 atom stereocenters. The molecular weight excluding hydrogens is 313 g/mol. The van der Waals surface area contributed by atoms with Crippen molar-refractivity contribution in [2.75, 3.05) is 20.1 Å².